The lowest BCUT2D eigenvalue weighted by molar-refractivity contribution is -0.133. The molecule has 0 bridgehead atoms. The van der Waals surface area contributed by atoms with Gasteiger partial charge in [-0.1, -0.05) is 56.7 Å². The number of ether oxygens (including phenoxy) is 1. The van der Waals surface area contributed by atoms with Gasteiger partial charge in [0.15, 0.2) is 6.61 Å². The Balaban J connectivity index is 1.49. The largest absolute Gasteiger partial charge is 0.484 e. The van der Waals surface area contributed by atoms with Gasteiger partial charge in [0.2, 0.25) is 0 Å². The lowest BCUT2D eigenvalue weighted by atomic mass is 9.80. The maximum atomic E-state index is 12.7. The summed E-state index contributed by atoms with van der Waals surface area (Å²) in [6.07, 6.45) is 12.4. The van der Waals surface area contributed by atoms with Crippen molar-refractivity contribution in [1.29, 1.82) is 0 Å². The Bertz CT molecular complexity index is 639. The molecule has 1 saturated heterocycles. The first-order valence-corrected chi connectivity index (χ1v) is 12.5. The smallest absolute Gasteiger partial charge is 0.260 e. The number of amides is 1. The molecule has 1 amide bonds. The minimum Gasteiger partial charge on any atom is -0.484 e. The van der Waals surface area contributed by atoms with Crippen molar-refractivity contribution in [2.75, 3.05) is 19.7 Å². The molecular formula is C25H39NO2S. The van der Waals surface area contributed by atoms with Crippen molar-refractivity contribution in [3.8, 4) is 5.75 Å². The van der Waals surface area contributed by atoms with Crippen molar-refractivity contribution in [2.45, 2.75) is 88.6 Å². The van der Waals surface area contributed by atoms with E-state index in [4.69, 9.17) is 4.74 Å². The number of likely N-dealkylation sites (N-methyl/N-ethyl adjacent to an activating group) is 1. The van der Waals surface area contributed by atoms with Gasteiger partial charge in [-0.15, -0.1) is 11.8 Å². The second-order valence-electron chi connectivity index (χ2n) is 9.17. The third-order valence-electron chi connectivity index (χ3n) is 6.91. The first-order valence-electron chi connectivity index (χ1n) is 11.7. The summed E-state index contributed by atoms with van der Waals surface area (Å²) in [5.74, 6) is 1.73. The Morgan fingerprint density at radius 2 is 1.76 bits per heavy atom. The molecule has 2 atom stereocenters. The van der Waals surface area contributed by atoms with Crippen LogP contribution in [0.25, 0.3) is 0 Å². The van der Waals surface area contributed by atoms with Gasteiger partial charge in [0, 0.05) is 23.1 Å². The van der Waals surface area contributed by atoms with Crippen LogP contribution in [0, 0.1) is 12.8 Å². The van der Waals surface area contributed by atoms with Gasteiger partial charge in [-0.3, -0.25) is 4.79 Å². The summed E-state index contributed by atoms with van der Waals surface area (Å²) in [7, 11) is 0. The average molecular weight is 418 g/mol. The highest BCUT2D eigenvalue weighted by molar-refractivity contribution is 8.01. The highest BCUT2D eigenvalue weighted by Gasteiger charge is 2.42. The van der Waals surface area contributed by atoms with E-state index in [9.17, 15) is 4.79 Å². The quantitative estimate of drug-likeness (QED) is 0.526. The molecule has 1 aliphatic heterocycles. The number of thioether (sulfide) groups is 1. The van der Waals surface area contributed by atoms with Gasteiger partial charge >= 0.3 is 0 Å². The van der Waals surface area contributed by atoms with Crippen molar-refractivity contribution in [3.05, 3.63) is 29.8 Å². The molecule has 29 heavy (non-hydrogen) atoms. The van der Waals surface area contributed by atoms with Crippen LogP contribution in [-0.4, -0.2) is 40.5 Å². The Morgan fingerprint density at radius 3 is 2.41 bits per heavy atom. The molecule has 3 nitrogen and oxygen atoms in total. The SMILES string of the molecule is CCN(CC1CCC(C)(C2CCCCCCC2)S1)C(=O)COc1ccc(C)cc1. The van der Waals surface area contributed by atoms with Gasteiger partial charge in [-0.05, 0) is 57.6 Å². The zero-order valence-corrected chi connectivity index (χ0v) is 19.4. The first-order chi connectivity index (χ1) is 14.0. The van der Waals surface area contributed by atoms with E-state index in [1.165, 1.54) is 63.4 Å². The molecule has 162 valence electrons. The highest BCUT2D eigenvalue weighted by atomic mass is 32.2. The van der Waals surface area contributed by atoms with E-state index in [-0.39, 0.29) is 12.5 Å². The molecule has 1 heterocycles. The molecule has 1 aromatic carbocycles. The Hall–Kier alpha value is -1.16. The molecule has 1 aromatic rings. The van der Waals surface area contributed by atoms with E-state index in [0.717, 1.165) is 24.8 Å². The third-order valence-corrected chi connectivity index (χ3v) is 8.70. The van der Waals surface area contributed by atoms with Gasteiger partial charge in [0.1, 0.15) is 5.75 Å². The lowest BCUT2D eigenvalue weighted by Gasteiger charge is -2.35. The number of hydrogen-bond donors (Lipinski definition) is 0. The molecule has 1 aliphatic carbocycles. The number of benzene rings is 1. The maximum Gasteiger partial charge on any atom is 0.260 e. The summed E-state index contributed by atoms with van der Waals surface area (Å²) in [6, 6.07) is 7.91. The standard InChI is InChI=1S/C25H39NO2S/c1-4-26(24(27)19-28-22-14-12-20(2)13-15-22)18-23-16-17-25(3,29-23)21-10-8-6-5-7-9-11-21/h12-15,21,23H,4-11,16-19H2,1-3H3. The van der Waals surface area contributed by atoms with Crippen LogP contribution in [0.4, 0.5) is 0 Å². The van der Waals surface area contributed by atoms with Crippen LogP contribution in [0.2, 0.25) is 0 Å². The highest BCUT2D eigenvalue weighted by Crippen LogP contribution is 2.51. The van der Waals surface area contributed by atoms with Gasteiger partial charge < -0.3 is 9.64 Å². The first kappa shape index (κ1) is 22.5. The van der Waals surface area contributed by atoms with Crippen LogP contribution in [0.1, 0.15) is 77.2 Å². The molecule has 0 N–H and O–H groups in total. The second kappa shape index (κ2) is 10.7. The topological polar surface area (TPSA) is 29.5 Å². The molecule has 0 radical (unpaired) electrons. The Kier molecular flexibility index (Phi) is 8.35. The number of hydrogen-bond acceptors (Lipinski definition) is 3. The number of carbonyl (C=O) groups is 1. The van der Waals surface area contributed by atoms with E-state index >= 15 is 0 Å². The number of nitrogens with zero attached hydrogens (tertiary/aromatic N) is 1. The Morgan fingerprint density at radius 1 is 1.10 bits per heavy atom. The van der Waals surface area contributed by atoms with Crippen LogP contribution in [-0.2, 0) is 4.79 Å². The molecule has 0 aromatic heterocycles. The summed E-state index contributed by atoms with van der Waals surface area (Å²) in [5.41, 5.74) is 1.20. The van der Waals surface area contributed by atoms with Crippen LogP contribution < -0.4 is 4.74 Å². The molecule has 4 heteroatoms. The van der Waals surface area contributed by atoms with Crippen molar-refractivity contribution in [1.82, 2.24) is 4.90 Å². The van der Waals surface area contributed by atoms with Crippen LogP contribution in [0.15, 0.2) is 24.3 Å². The monoisotopic (exact) mass is 417 g/mol. The van der Waals surface area contributed by atoms with Crippen molar-refractivity contribution in [2.24, 2.45) is 5.92 Å². The fraction of sp³-hybridized carbons (Fsp3) is 0.720. The van der Waals surface area contributed by atoms with E-state index < -0.39 is 0 Å². The van der Waals surface area contributed by atoms with Crippen LogP contribution >= 0.6 is 11.8 Å². The van der Waals surface area contributed by atoms with E-state index in [0.29, 0.717) is 10.00 Å². The van der Waals surface area contributed by atoms with Crippen LogP contribution in [0.5, 0.6) is 5.75 Å². The van der Waals surface area contributed by atoms with Gasteiger partial charge in [0.05, 0.1) is 0 Å². The van der Waals surface area contributed by atoms with E-state index in [1.807, 2.05) is 29.2 Å². The summed E-state index contributed by atoms with van der Waals surface area (Å²) >= 11 is 2.18. The van der Waals surface area contributed by atoms with Gasteiger partial charge in [-0.2, -0.15) is 0 Å². The summed E-state index contributed by atoms with van der Waals surface area (Å²) in [4.78, 5) is 14.7. The molecule has 2 aliphatic rings. The zero-order valence-electron chi connectivity index (χ0n) is 18.6. The zero-order chi connectivity index (χ0) is 20.7. The molecule has 2 unspecified atom stereocenters. The minimum atomic E-state index is 0.105. The molecular weight excluding hydrogens is 378 g/mol. The number of aryl methyl sites for hydroxylation is 1. The fourth-order valence-electron chi connectivity index (χ4n) is 4.97. The van der Waals surface area contributed by atoms with Crippen molar-refractivity contribution in [3.63, 3.8) is 0 Å². The predicted molar refractivity (Wildman–Crippen MR) is 124 cm³/mol. The molecule has 3 rings (SSSR count). The normalized spacial score (nSPS) is 26.0. The van der Waals surface area contributed by atoms with Crippen LogP contribution in [0.3, 0.4) is 0 Å². The summed E-state index contributed by atoms with van der Waals surface area (Å²) in [6.45, 7) is 8.39. The fourth-order valence-corrected chi connectivity index (χ4v) is 6.88. The van der Waals surface area contributed by atoms with E-state index in [1.54, 1.807) is 0 Å². The lowest BCUT2D eigenvalue weighted by Crippen LogP contribution is -2.39. The Labute approximate surface area is 182 Å². The van der Waals surface area contributed by atoms with Crippen molar-refractivity contribution >= 4 is 17.7 Å². The predicted octanol–water partition coefficient (Wildman–Crippen LogP) is 6.24. The second-order valence-corrected chi connectivity index (χ2v) is 11.0. The van der Waals surface area contributed by atoms with Crippen molar-refractivity contribution < 1.29 is 9.53 Å². The van der Waals surface area contributed by atoms with E-state index in [2.05, 4.69) is 32.5 Å². The average Bonchev–Trinajstić information content (AvgIpc) is 3.06. The minimum absolute atomic E-state index is 0.105. The summed E-state index contributed by atoms with van der Waals surface area (Å²) < 4.78 is 6.14. The molecule has 1 saturated carbocycles. The number of carbonyl (C=O) groups excluding carboxylic acids is 1. The molecule has 0 spiro atoms. The van der Waals surface area contributed by atoms with Gasteiger partial charge in [-0.25, -0.2) is 0 Å². The number of rotatable bonds is 7. The summed E-state index contributed by atoms with van der Waals surface area (Å²) in [5, 5.41) is 0.564. The van der Waals surface area contributed by atoms with Gasteiger partial charge in [0.25, 0.3) is 5.91 Å². The maximum absolute atomic E-state index is 12.7. The third kappa shape index (κ3) is 6.41. The molecule has 2 fully saturated rings.